The summed E-state index contributed by atoms with van der Waals surface area (Å²) in [5.74, 6) is -11.9. The second-order valence-electron chi connectivity index (χ2n) is 2.08. The summed E-state index contributed by atoms with van der Waals surface area (Å²) in [6.45, 7) is 0. The Hall–Kier alpha value is -0.640. The van der Waals surface area contributed by atoms with Crippen molar-refractivity contribution in [2.24, 2.45) is 0 Å². The van der Waals surface area contributed by atoms with Crippen molar-refractivity contribution in [1.82, 2.24) is 0 Å². The maximum atomic E-state index is 12.1. The number of hydrogen-bond acceptors (Lipinski definition) is 2. The highest BCUT2D eigenvalue weighted by Gasteiger charge is 2.75. The molecule has 0 bridgehead atoms. The predicted molar refractivity (Wildman–Crippen MR) is 31.7 cm³/mol. The normalized spacial score (nSPS) is 16.5. The maximum absolute atomic E-state index is 12.1. The van der Waals surface area contributed by atoms with Crippen LogP contribution in [0.5, 0.6) is 0 Å². The summed E-state index contributed by atoms with van der Waals surface area (Å²) < 4.78 is 89.6. The summed E-state index contributed by atoms with van der Waals surface area (Å²) in [5.41, 5.74) is 0. The van der Waals surface area contributed by atoms with Gasteiger partial charge in [-0.2, -0.15) is 26.3 Å². The van der Waals surface area contributed by atoms with Crippen LogP contribution in [0.4, 0.5) is 26.3 Å². The third kappa shape index (κ3) is 1.75. The first-order valence-corrected chi connectivity index (χ1v) is 3.82. The molecule has 0 rings (SSSR count). The zero-order valence-corrected chi connectivity index (χ0v) is 6.83. The molecule has 0 aromatic heterocycles. The number of alkyl halides is 6. The average Bonchev–Trinajstić information content (AvgIpc) is 2.03. The molecular weight excluding hydrogens is 242 g/mol. The SMILES string of the molecule is O=CC(F)(F)C(F)(F)C(F)(F)S(=O)O. The largest absolute Gasteiger partial charge is 0.413 e. The third-order valence-electron chi connectivity index (χ3n) is 1.15. The first-order chi connectivity index (χ1) is 6.00. The molecule has 0 spiro atoms. The van der Waals surface area contributed by atoms with E-state index in [0.717, 1.165) is 0 Å². The standard InChI is InChI=1S/C4H2F6O3S/c5-2(6,1-11)3(7,8)4(9,10)14(12)13/h1H,(H,12,13). The number of halogens is 6. The van der Waals surface area contributed by atoms with E-state index in [1.807, 2.05) is 0 Å². The van der Waals surface area contributed by atoms with Crippen LogP contribution in [0.25, 0.3) is 0 Å². The molecule has 0 radical (unpaired) electrons. The quantitative estimate of drug-likeness (QED) is 0.460. The van der Waals surface area contributed by atoms with Gasteiger partial charge in [0.1, 0.15) is 0 Å². The molecule has 0 aromatic rings. The molecule has 1 unspecified atom stereocenters. The van der Waals surface area contributed by atoms with E-state index in [4.69, 9.17) is 4.55 Å². The summed E-state index contributed by atoms with van der Waals surface area (Å²) >= 11 is -4.52. The number of carbonyl (C=O) groups excluding carboxylic acids is 1. The van der Waals surface area contributed by atoms with E-state index in [2.05, 4.69) is 0 Å². The van der Waals surface area contributed by atoms with Gasteiger partial charge >= 0.3 is 17.1 Å². The van der Waals surface area contributed by atoms with Crippen LogP contribution in [0.1, 0.15) is 0 Å². The van der Waals surface area contributed by atoms with Gasteiger partial charge in [0.15, 0.2) is 6.29 Å². The van der Waals surface area contributed by atoms with Crippen molar-refractivity contribution in [2.75, 3.05) is 0 Å². The second-order valence-corrected chi connectivity index (χ2v) is 3.09. The lowest BCUT2D eigenvalue weighted by Gasteiger charge is -2.26. The molecule has 1 N–H and O–H groups in total. The predicted octanol–water partition coefficient (Wildman–Crippen LogP) is 1.27. The van der Waals surface area contributed by atoms with E-state index in [-0.39, 0.29) is 0 Å². The minimum Gasteiger partial charge on any atom is -0.301 e. The van der Waals surface area contributed by atoms with Crippen LogP contribution in [0.3, 0.4) is 0 Å². The lowest BCUT2D eigenvalue weighted by Crippen LogP contribution is -2.56. The van der Waals surface area contributed by atoms with Crippen molar-refractivity contribution in [2.45, 2.75) is 17.1 Å². The molecule has 3 nitrogen and oxygen atoms in total. The van der Waals surface area contributed by atoms with Gasteiger partial charge in [0.05, 0.1) is 0 Å². The molecule has 0 heterocycles. The Morgan fingerprint density at radius 3 is 1.64 bits per heavy atom. The summed E-state index contributed by atoms with van der Waals surface area (Å²) in [4.78, 5) is 9.40. The van der Waals surface area contributed by atoms with Crippen LogP contribution in [-0.2, 0) is 15.9 Å². The van der Waals surface area contributed by atoms with Crippen LogP contribution in [-0.4, -0.2) is 32.1 Å². The van der Waals surface area contributed by atoms with Crippen LogP contribution < -0.4 is 0 Å². The highest BCUT2D eigenvalue weighted by Crippen LogP contribution is 2.45. The Balaban J connectivity index is 5.35. The van der Waals surface area contributed by atoms with E-state index in [1.165, 1.54) is 0 Å². The lowest BCUT2D eigenvalue weighted by atomic mass is 10.2. The minimum atomic E-state index is -6.22. The van der Waals surface area contributed by atoms with Crippen molar-refractivity contribution in [1.29, 1.82) is 0 Å². The Bertz CT molecular complexity index is 264. The van der Waals surface area contributed by atoms with Gasteiger partial charge in [-0.05, 0) is 0 Å². The fraction of sp³-hybridized carbons (Fsp3) is 0.750. The average molecular weight is 244 g/mol. The van der Waals surface area contributed by atoms with Gasteiger partial charge in [-0.15, -0.1) is 0 Å². The third-order valence-corrected chi connectivity index (χ3v) is 1.85. The Kier molecular flexibility index (Phi) is 3.34. The van der Waals surface area contributed by atoms with E-state index in [0.29, 0.717) is 0 Å². The highest BCUT2D eigenvalue weighted by atomic mass is 32.2. The number of rotatable bonds is 4. The lowest BCUT2D eigenvalue weighted by molar-refractivity contribution is -0.262. The van der Waals surface area contributed by atoms with Gasteiger partial charge in [0.2, 0.25) is 11.1 Å². The fourth-order valence-corrected chi connectivity index (χ4v) is 0.733. The van der Waals surface area contributed by atoms with Crippen LogP contribution in [0, 0.1) is 0 Å². The molecular formula is C4H2F6O3S. The van der Waals surface area contributed by atoms with Gasteiger partial charge in [0.25, 0.3) is 0 Å². The molecule has 0 fully saturated rings. The summed E-state index contributed by atoms with van der Waals surface area (Å²) in [6, 6.07) is 0. The topological polar surface area (TPSA) is 54.4 Å². The van der Waals surface area contributed by atoms with Gasteiger partial charge in [0, 0.05) is 0 Å². The van der Waals surface area contributed by atoms with E-state index >= 15 is 0 Å². The molecule has 0 saturated carbocycles. The number of carbonyl (C=O) groups is 1. The molecule has 0 aliphatic heterocycles. The molecule has 0 aliphatic carbocycles. The van der Waals surface area contributed by atoms with Gasteiger partial charge in [-0.25, -0.2) is 4.21 Å². The molecule has 0 aliphatic rings. The monoisotopic (exact) mass is 244 g/mol. The minimum absolute atomic E-state index is 1.71. The van der Waals surface area contributed by atoms with Crippen molar-refractivity contribution in [3.63, 3.8) is 0 Å². The summed E-state index contributed by atoms with van der Waals surface area (Å²) in [7, 11) is 0. The van der Waals surface area contributed by atoms with Crippen molar-refractivity contribution < 1.29 is 39.9 Å². The summed E-state index contributed by atoms with van der Waals surface area (Å²) in [5, 5.41) is -5.91. The Labute approximate surface area is 75.4 Å². The van der Waals surface area contributed by atoms with Gasteiger partial charge in [-0.1, -0.05) is 0 Å². The molecule has 0 saturated heterocycles. The number of hydrogen-bond donors (Lipinski definition) is 1. The Morgan fingerprint density at radius 2 is 1.43 bits per heavy atom. The first kappa shape index (κ1) is 13.4. The molecule has 0 aromatic carbocycles. The molecule has 14 heavy (non-hydrogen) atoms. The number of aldehydes is 1. The molecule has 0 amide bonds. The molecule has 1 atom stereocenters. The van der Waals surface area contributed by atoms with Gasteiger partial charge in [-0.3, -0.25) is 4.79 Å². The summed E-state index contributed by atoms with van der Waals surface area (Å²) in [6.07, 6.45) is -1.71. The molecule has 10 heteroatoms. The first-order valence-electron chi connectivity index (χ1n) is 2.71. The zero-order chi connectivity index (χ0) is 11.8. The molecule has 84 valence electrons. The Morgan fingerprint density at radius 1 is 1.07 bits per heavy atom. The smallest absolute Gasteiger partial charge is 0.301 e. The highest BCUT2D eigenvalue weighted by molar-refractivity contribution is 7.80. The van der Waals surface area contributed by atoms with E-state index in [1.54, 1.807) is 0 Å². The fourth-order valence-electron chi connectivity index (χ4n) is 0.378. The van der Waals surface area contributed by atoms with Crippen LogP contribution >= 0.6 is 0 Å². The van der Waals surface area contributed by atoms with Crippen molar-refractivity contribution in [3.05, 3.63) is 0 Å². The van der Waals surface area contributed by atoms with E-state index in [9.17, 15) is 35.3 Å². The van der Waals surface area contributed by atoms with Crippen molar-refractivity contribution in [3.8, 4) is 0 Å². The maximum Gasteiger partial charge on any atom is 0.413 e. The van der Waals surface area contributed by atoms with Crippen LogP contribution in [0.2, 0.25) is 0 Å². The van der Waals surface area contributed by atoms with E-state index < -0.39 is 34.5 Å². The van der Waals surface area contributed by atoms with Crippen molar-refractivity contribution >= 4 is 17.4 Å². The zero-order valence-electron chi connectivity index (χ0n) is 6.02. The van der Waals surface area contributed by atoms with Crippen LogP contribution in [0.15, 0.2) is 0 Å². The van der Waals surface area contributed by atoms with Gasteiger partial charge < -0.3 is 4.55 Å². The second kappa shape index (κ2) is 3.50.